The van der Waals surface area contributed by atoms with Gasteiger partial charge in [-0.15, -0.1) is 0 Å². The zero-order chi connectivity index (χ0) is 24.3. The maximum atomic E-state index is 12.6. The molecule has 4 rings (SSSR count). The van der Waals surface area contributed by atoms with Crippen LogP contribution in [0.1, 0.15) is 29.9 Å². The van der Waals surface area contributed by atoms with Gasteiger partial charge in [-0.3, -0.25) is 13.9 Å². The number of aliphatic hydroxyl groups is 1. The van der Waals surface area contributed by atoms with E-state index in [1.807, 2.05) is 6.07 Å². The molecule has 1 aliphatic heterocycles. The van der Waals surface area contributed by atoms with Gasteiger partial charge < -0.3 is 29.3 Å². The molecule has 1 fully saturated rings. The van der Waals surface area contributed by atoms with E-state index in [2.05, 4.69) is 20.3 Å². The molecular weight excluding hydrogens is 465 g/mol. The van der Waals surface area contributed by atoms with Crippen LogP contribution in [0.4, 0.5) is 5.82 Å². The number of nitrogens with zero attached hydrogens (tertiary/aromatic N) is 4. The number of methoxy groups -OCH3 is 1. The predicted molar refractivity (Wildman–Crippen MR) is 121 cm³/mol. The van der Waals surface area contributed by atoms with Crippen molar-refractivity contribution in [2.45, 2.75) is 37.9 Å². The van der Waals surface area contributed by atoms with E-state index < -0.39 is 32.1 Å². The zero-order valence-corrected chi connectivity index (χ0v) is 19.5. The molecular formula is C21H26N5O7P. The smallest absolute Gasteiger partial charge is 0.328 e. The normalized spacial score (nSPS) is 24.2. The molecule has 1 aliphatic rings. The number of aliphatic hydroxyl groups excluding tert-OH is 1. The molecule has 34 heavy (non-hydrogen) atoms. The van der Waals surface area contributed by atoms with Crippen molar-refractivity contribution in [2.75, 3.05) is 25.2 Å². The molecule has 1 unspecified atom stereocenters. The summed E-state index contributed by atoms with van der Waals surface area (Å²) in [6, 6.07) is 8.67. The van der Waals surface area contributed by atoms with Crippen LogP contribution in [-0.4, -0.2) is 73.6 Å². The summed E-state index contributed by atoms with van der Waals surface area (Å²) in [5.41, 5.74) is 1.11. The molecule has 12 nitrogen and oxygen atoms in total. The Labute approximate surface area is 195 Å². The lowest BCUT2D eigenvalue weighted by atomic mass is 10.1. The first-order valence-electron chi connectivity index (χ1n) is 10.7. The summed E-state index contributed by atoms with van der Waals surface area (Å²) in [4.78, 5) is 35.1. The van der Waals surface area contributed by atoms with E-state index in [-0.39, 0.29) is 30.9 Å². The highest BCUT2D eigenvalue weighted by molar-refractivity contribution is 7.52. The fourth-order valence-electron chi connectivity index (χ4n) is 3.93. The number of carbonyl (C=O) groups excluding carboxylic acids is 1. The number of anilines is 1. The van der Waals surface area contributed by atoms with Gasteiger partial charge in [0.05, 0.1) is 25.2 Å². The lowest BCUT2D eigenvalue weighted by Gasteiger charge is -2.19. The second kappa shape index (κ2) is 10.3. The van der Waals surface area contributed by atoms with E-state index in [9.17, 15) is 19.4 Å². The summed E-state index contributed by atoms with van der Waals surface area (Å²) in [5.74, 6) is -0.141. The van der Waals surface area contributed by atoms with Crippen LogP contribution in [0.5, 0.6) is 0 Å². The van der Waals surface area contributed by atoms with Crippen LogP contribution in [0.3, 0.4) is 0 Å². The Morgan fingerprint density at radius 2 is 2.03 bits per heavy atom. The Balaban J connectivity index is 1.56. The summed E-state index contributed by atoms with van der Waals surface area (Å²) < 4.78 is 29.9. The number of imidazole rings is 1. The minimum absolute atomic E-state index is 0.113. The van der Waals surface area contributed by atoms with E-state index in [1.54, 1.807) is 31.2 Å². The number of hydrogen-bond acceptors (Lipinski definition) is 9. The van der Waals surface area contributed by atoms with Crippen molar-refractivity contribution in [2.24, 2.45) is 0 Å². The number of carbonyl (C=O) groups is 1. The number of hydrogen-bond donors (Lipinski definition) is 3. The van der Waals surface area contributed by atoms with Gasteiger partial charge >= 0.3 is 7.60 Å². The Hall–Kier alpha value is -2.73. The third-order valence-corrected chi connectivity index (χ3v) is 6.99. The van der Waals surface area contributed by atoms with Crippen LogP contribution in [-0.2, 0) is 18.6 Å². The summed E-state index contributed by atoms with van der Waals surface area (Å²) in [6.07, 6.45) is -0.735. The van der Waals surface area contributed by atoms with Crippen molar-refractivity contribution >= 4 is 30.5 Å². The summed E-state index contributed by atoms with van der Waals surface area (Å²) in [5, 5.41) is 13.6. The predicted octanol–water partition coefficient (Wildman–Crippen LogP) is 1.96. The Morgan fingerprint density at radius 1 is 1.26 bits per heavy atom. The maximum Gasteiger partial charge on any atom is 0.328 e. The molecule has 0 spiro atoms. The first kappa shape index (κ1) is 24.4. The zero-order valence-electron chi connectivity index (χ0n) is 18.6. The molecule has 3 aromatic rings. The van der Waals surface area contributed by atoms with Gasteiger partial charge in [0.15, 0.2) is 23.2 Å². The first-order valence-corrected chi connectivity index (χ1v) is 12.5. The van der Waals surface area contributed by atoms with Crippen molar-refractivity contribution in [3.05, 3.63) is 48.5 Å². The summed E-state index contributed by atoms with van der Waals surface area (Å²) in [6.45, 7) is 1.75. The van der Waals surface area contributed by atoms with E-state index in [0.29, 0.717) is 16.7 Å². The van der Waals surface area contributed by atoms with Crippen LogP contribution < -0.4 is 5.32 Å². The van der Waals surface area contributed by atoms with Gasteiger partial charge in [-0.25, -0.2) is 15.0 Å². The molecule has 3 N–H and O–H groups in total. The van der Waals surface area contributed by atoms with Crippen LogP contribution in [0, 0.1) is 0 Å². The highest BCUT2D eigenvalue weighted by Crippen LogP contribution is 2.44. The van der Waals surface area contributed by atoms with E-state index in [4.69, 9.17) is 14.0 Å². The Kier molecular flexibility index (Phi) is 7.36. The molecule has 5 atom stereocenters. The second-order valence-corrected chi connectivity index (χ2v) is 9.67. The monoisotopic (exact) mass is 491 g/mol. The Bertz CT molecular complexity index is 1190. The van der Waals surface area contributed by atoms with Crippen molar-refractivity contribution in [3.8, 4) is 0 Å². The van der Waals surface area contributed by atoms with Crippen LogP contribution in [0.2, 0.25) is 0 Å². The van der Waals surface area contributed by atoms with Gasteiger partial charge in [-0.1, -0.05) is 18.2 Å². The standard InChI is InChI=1S/C21H26N5O7P/c1-3-32-34(29,30)10-9-14-17(31-2)16(27)21(33-14)26-12-24-15-18(22-11-23-19(15)26)25-20(28)13-7-5-4-6-8-13/h4-8,11-12,14,16-17,21,27H,3,9-10H2,1-2H3,(H,29,30)(H,22,23,25,28)/t14-,16-,17-,21-/m1/s1. The molecule has 1 aromatic carbocycles. The lowest BCUT2D eigenvalue weighted by molar-refractivity contribution is -0.0357. The van der Waals surface area contributed by atoms with Crippen LogP contribution in [0.15, 0.2) is 43.0 Å². The SMILES string of the molecule is CCOP(=O)(O)CC[C@H]1O[C@@H](n2cnc3c(NC(=O)c4ccccc4)ncnc32)[C@H](O)[C@@H]1OC. The number of ether oxygens (including phenoxy) is 2. The summed E-state index contributed by atoms with van der Waals surface area (Å²) in [7, 11) is -2.33. The highest BCUT2D eigenvalue weighted by atomic mass is 31.2. The van der Waals surface area contributed by atoms with Crippen LogP contribution in [0.25, 0.3) is 11.2 Å². The van der Waals surface area contributed by atoms with Crippen molar-refractivity contribution in [1.82, 2.24) is 19.5 Å². The largest absolute Gasteiger partial charge is 0.386 e. The number of fused-ring (bicyclic) bond motifs is 1. The maximum absolute atomic E-state index is 12.6. The second-order valence-electron chi connectivity index (χ2n) is 7.69. The molecule has 1 amide bonds. The third-order valence-electron chi connectivity index (χ3n) is 5.51. The molecule has 182 valence electrons. The van der Waals surface area contributed by atoms with Gasteiger partial charge in [0.2, 0.25) is 0 Å². The average Bonchev–Trinajstić information content (AvgIpc) is 3.39. The number of amides is 1. The fourth-order valence-corrected chi connectivity index (χ4v) is 5.04. The quantitative estimate of drug-likeness (QED) is 0.378. The van der Waals surface area contributed by atoms with Gasteiger partial charge in [0.1, 0.15) is 18.5 Å². The molecule has 2 aromatic heterocycles. The molecule has 0 radical (unpaired) electrons. The highest BCUT2D eigenvalue weighted by Gasteiger charge is 2.46. The van der Waals surface area contributed by atoms with Crippen LogP contribution >= 0.6 is 7.60 Å². The number of aromatic nitrogens is 4. The minimum Gasteiger partial charge on any atom is -0.386 e. The van der Waals surface area contributed by atoms with E-state index in [0.717, 1.165) is 0 Å². The number of benzene rings is 1. The number of rotatable bonds is 9. The van der Waals surface area contributed by atoms with Crippen molar-refractivity contribution < 1.29 is 33.4 Å². The molecule has 1 saturated heterocycles. The third kappa shape index (κ3) is 5.02. The van der Waals surface area contributed by atoms with Gasteiger partial charge in [0, 0.05) is 12.7 Å². The van der Waals surface area contributed by atoms with Gasteiger partial charge in [0.25, 0.3) is 5.91 Å². The Morgan fingerprint density at radius 3 is 2.74 bits per heavy atom. The lowest BCUT2D eigenvalue weighted by Crippen LogP contribution is -2.34. The number of nitrogens with one attached hydrogen (secondary N) is 1. The fraction of sp³-hybridized carbons (Fsp3) is 0.429. The minimum atomic E-state index is -3.76. The van der Waals surface area contributed by atoms with Crippen molar-refractivity contribution in [3.63, 3.8) is 0 Å². The van der Waals surface area contributed by atoms with E-state index in [1.165, 1.54) is 24.3 Å². The molecule has 0 aliphatic carbocycles. The van der Waals surface area contributed by atoms with Gasteiger partial charge in [-0.05, 0) is 25.5 Å². The first-order chi connectivity index (χ1) is 16.3. The van der Waals surface area contributed by atoms with E-state index >= 15 is 0 Å². The molecule has 0 saturated carbocycles. The molecule has 3 heterocycles. The average molecular weight is 491 g/mol. The molecule has 0 bridgehead atoms. The summed E-state index contributed by atoms with van der Waals surface area (Å²) >= 11 is 0. The topological polar surface area (TPSA) is 158 Å². The van der Waals surface area contributed by atoms with Crippen molar-refractivity contribution in [1.29, 1.82) is 0 Å². The van der Waals surface area contributed by atoms with Gasteiger partial charge in [-0.2, -0.15) is 0 Å². The molecule has 13 heteroatoms.